The molecule has 124 valence electrons. The van der Waals surface area contributed by atoms with Gasteiger partial charge in [-0.05, 0) is 24.5 Å². The molecular formula is C17H18N4O3. The fourth-order valence-electron chi connectivity index (χ4n) is 3.01. The SMILES string of the molecule is CC1CN(C(=O)C(=O)NCc2nc(C3CC3)no2)c2ccccc21. The van der Waals surface area contributed by atoms with Crippen LogP contribution in [0.25, 0.3) is 0 Å². The molecule has 2 heterocycles. The van der Waals surface area contributed by atoms with Gasteiger partial charge in [-0.15, -0.1) is 0 Å². The van der Waals surface area contributed by atoms with E-state index in [1.165, 1.54) is 4.90 Å². The molecule has 2 aromatic rings. The van der Waals surface area contributed by atoms with E-state index in [2.05, 4.69) is 15.5 Å². The molecule has 2 amide bonds. The summed E-state index contributed by atoms with van der Waals surface area (Å²) in [5.41, 5.74) is 1.89. The third kappa shape index (κ3) is 2.66. The van der Waals surface area contributed by atoms with Gasteiger partial charge < -0.3 is 14.7 Å². The summed E-state index contributed by atoms with van der Waals surface area (Å²) in [6.07, 6.45) is 2.16. The van der Waals surface area contributed by atoms with Crippen LogP contribution in [-0.4, -0.2) is 28.5 Å². The summed E-state index contributed by atoms with van der Waals surface area (Å²) >= 11 is 0. The fraction of sp³-hybridized carbons (Fsp3) is 0.412. The lowest BCUT2D eigenvalue weighted by atomic mass is 10.0. The Morgan fingerprint density at radius 2 is 2.12 bits per heavy atom. The molecule has 1 saturated carbocycles. The Kier molecular flexibility index (Phi) is 3.55. The Hall–Kier alpha value is -2.70. The molecule has 7 nitrogen and oxygen atoms in total. The third-order valence-corrected chi connectivity index (χ3v) is 4.48. The van der Waals surface area contributed by atoms with Gasteiger partial charge in [-0.25, -0.2) is 0 Å². The molecule has 1 unspecified atom stereocenters. The van der Waals surface area contributed by atoms with Crippen LogP contribution in [0, 0.1) is 0 Å². The van der Waals surface area contributed by atoms with Crippen molar-refractivity contribution >= 4 is 17.5 Å². The molecule has 0 spiro atoms. The lowest BCUT2D eigenvalue weighted by molar-refractivity contribution is -0.137. The Labute approximate surface area is 139 Å². The van der Waals surface area contributed by atoms with Crippen molar-refractivity contribution < 1.29 is 14.1 Å². The number of para-hydroxylation sites is 1. The van der Waals surface area contributed by atoms with Crippen LogP contribution in [0.3, 0.4) is 0 Å². The molecule has 24 heavy (non-hydrogen) atoms. The topological polar surface area (TPSA) is 88.3 Å². The van der Waals surface area contributed by atoms with Gasteiger partial charge in [-0.3, -0.25) is 9.59 Å². The number of carbonyl (C=O) groups excluding carboxylic acids is 2. The van der Waals surface area contributed by atoms with Gasteiger partial charge in [0, 0.05) is 24.1 Å². The molecule has 4 rings (SSSR count). The number of fused-ring (bicyclic) bond motifs is 1. The number of nitrogens with zero attached hydrogens (tertiary/aromatic N) is 3. The maximum absolute atomic E-state index is 12.4. The minimum Gasteiger partial charge on any atom is -0.339 e. The van der Waals surface area contributed by atoms with Crippen molar-refractivity contribution in [3.63, 3.8) is 0 Å². The van der Waals surface area contributed by atoms with E-state index in [0.717, 1.165) is 24.1 Å². The zero-order chi connectivity index (χ0) is 16.7. The first-order valence-corrected chi connectivity index (χ1v) is 8.14. The summed E-state index contributed by atoms with van der Waals surface area (Å²) in [7, 11) is 0. The van der Waals surface area contributed by atoms with E-state index in [9.17, 15) is 9.59 Å². The molecule has 1 fully saturated rings. The van der Waals surface area contributed by atoms with Crippen molar-refractivity contribution in [3.05, 3.63) is 41.5 Å². The zero-order valence-electron chi connectivity index (χ0n) is 13.4. The maximum atomic E-state index is 12.4. The number of hydrogen-bond donors (Lipinski definition) is 1. The van der Waals surface area contributed by atoms with E-state index in [0.29, 0.717) is 24.2 Å². The summed E-state index contributed by atoms with van der Waals surface area (Å²) < 4.78 is 5.09. The van der Waals surface area contributed by atoms with Gasteiger partial charge in [-0.1, -0.05) is 30.3 Å². The molecule has 0 bridgehead atoms. The molecule has 2 aliphatic rings. The maximum Gasteiger partial charge on any atom is 0.316 e. The van der Waals surface area contributed by atoms with E-state index in [4.69, 9.17) is 4.52 Å². The van der Waals surface area contributed by atoms with Crippen LogP contribution >= 0.6 is 0 Å². The van der Waals surface area contributed by atoms with E-state index < -0.39 is 11.8 Å². The van der Waals surface area contributed by atoms with E-state index in [1.807, 2.05) is 31.2 Å². The Balaban J connectivity index is 1.40. The van der Waals surface area contributed by atoms with E-state index in [-0.39, 0.29) is 12.5 Å². The van der Waals surface area contributed by atoms with Gasteiger partial charge in [0.05, 0.1) is 6.54 Å². The molecule has 1 aliphatic carbocycles. The number of nitrogens with one attached hydrogen (secondary N) is 1. The highest BCUT2D eigenvalue weighted by Crippen LogP contribution is 2.38. The van der Waals surface area contributed by atoms with Crippen LogP contribution in [0.1, 0.15) is 48.9 Å². The summed E-state index contributed by atoms with van der Waals surface area (Å²) in [5, 5.41) is 6.45. The summed E-state index contributed by atoms with van der Waals surface area (Å²) in [4.78, 5) is 30.4. The summed E-state index contributed by atoms with van der Waals surface area (Å²) in [5.74, 6) is 0.400. The molecule has 1 aliphatic heterocycles. The highest BCUT2D eigenvalue weighted by molar-refractivity contribution is 6.40. The van der Waals surface area contributed by atoms with Crippen LogP contribution in [0.15, 0.2) is 28.8 Å². The average molecular weight is 326 g/mol. The highest BCUT2D eigenvalue weighted by Gasteiger charge is 2.33. The number of benzene rings is 1. The average Bonchev–Trinajstić information content (AvgIpc) is 3.25. The van der Waals surface area contributed by atoms with Gasteiger partial charge in [0.1, 0.15) is 0 Å². The number of anilines is 1. The first kappa shape index (κ1) is 14.9. The number of hydrogen-bond acceptors (Lipinski definition) is 5. The number of carbonyl (C=O) groups is 2. The van der Waals surface area contributed by atoms with Crippen molar-refractivity contribution in [1.82, 2.24) is 15.5 Å². The standard InChI is InChI=1S/C17H18N4O3/c1-10-9-21(13-5-3-2-4-12(10)13)17(23)16(22)18-8-14-19-15(20-24-14)11-6-7-11/h2-5,10-11H,6-9H2,1H3,(H,18,22). The van der Waals surface area contributed by atoms with Crippen molar-refractivity contribution in [1.29, 1.82) is 0 Å². The smallest absolute Gasteiger partial charge is 0.316 e. The second-order valence-electron chi connectivity index (χ2n) is 6.38. The van der Waals surface area contributed by atoms with E-state index >= 15 is 0 Å². The van der Waals surface area contributed by atoms with Crippen LogP contribution < -0.4 is 10.2 Å². The first-order valence-electron chi connectivity index (χ1n) is 8.14. The molecule has 0 saturated heterocycles. The second-order valence-corrected chi connectivity index (χ2v) is 6.38. The largest absolute Gasteiger partial charge is 0.339 e. The number of rotatable bonds is 3. The lowest BCUT2D eigenvalue weighted by Crippen LogP contribution is -2.42. The third-order valence-electron chi connectivity index (χ3n) is 4.48. The van der Waals surface area contributed by atoms with E-state index in [1.54, 1.807) is 0 Å². The second kappa shape index (κ2) is 5.74. The van der Waals surface area contributed by atoms with Crippen LogP contribution in [-0.2, 0) is 16.1 Å². The Bertz CT molecular complexity index is 797. The van der Waals surface area contributed by atoms with Gasteiger partial charge in [0.15, 0.2) is 5.82 Å². The van der Waals surface area contributed by atoms with Crippen LogP contribution in [0.5, 0.6) is 0 Å². The van der Waals surface area contributed by atoms with Crippen LogP contribution in [0.4, 0.5) is 5.69 Å². The van der Waals surface area contributed by atoms with Gasteiger partial charge in [0.2, 0.25) is 5.89 Å². The zero-order valence-corrected chi connectivity index (χ0v) is 13.4. The van der Waals surface area contributed by atoms with Gasteiger partial charge in [-0.2, -0.15) is 4.98 Å². The minimum absolute atomic E-state index is 0.0648. The normalized spacial score (nSPS) is 19.2. The minimum atomic E-state index is -0.662. The number of amides is 2. The quantitative estimate of drug-likeness (QED) is 0.868. The van der Waals surface area contributed by atoms with Crippen molar-refractivity contribution in [2.24, 2.45) is 0 Å². The Morgan fingerprint density at radius 1 is 1.33 bits per heavy atom. The molecule has 1 N–H and O–H groups in total. The van der Waals surface area contributed by atoms with Crippen molar-refractivity contribution in [2.75, 3.05) is 11.4 Å². The van der Waals surface area contributed by atoms with Crippen molar-refractivity contribution in [3.8, 4) is 0 Å². The predicted molar refractivity (Wildman–Crippen MR) is 85.3 cm³/mol. The lowest BCUT2D eigenvalue weighted by Gasteiger charge is -2.16. The fourth-order valence-corrected chi connectivity index (χ4v) is 3.01. The summed E-state index contributed by atoms with van der Waals surface area (Å²) in [6, 6.07) is 7.66. The summed E-state index contributed by atoms with van der Waals surface area (Å²) in [6.45, 7) is 2.62. The number of aromatic nitrogens is 2. The van der Waals surface area contributed by atoms with Crippen LogP contribution in [0.2, 0.25) is 0 Å². The molecule has 1 aromatic carbocycles. The van der Waals surface area contributed by atoms with Gasteiger partial charge in [0.25, 0.3) is 0 Å². The molecule has 1 aromatic heterocycles. The highest BCUT2D eigenvalue weighted by atomic mass is 16.5. The van der Waals surface area contributed by atoms with Crippen molar-refractivity contribution in [2.45, 2.75) is 38.1 Å². The first-order chi connectivity index (χ1) is 11.6. The van der Waals surface area contributed by atoms with Gasteiger partial charge >= 0.3 is 11.8 Å². The molecular weight excluding hydrogens is 308 g/mol. The molecule has 7 heteroatoms. The predicted octanol–water partition coefficient (Wildman–Crippen LogP) is 1.71. The molecule has 0 radical (unpaired) electrons. The Morgan fingerprint density at radius 3 is 2.92 bits per heavy atom. The monoisotopic (exact) mass is 326 g/mol. The molecule has 1 atom stereocenters.